The molecule has 0 aliphatic heterocycles. The summed E-state index contributed by atoms with van der Waals surface area (Å²) in [5.41, 5.74) is 3.72. The third kappa shape index (κ3) is 3.33. The van der Waals surface area contributed by atoms with Gasteiger partial charge in [-0.05, 0) is 42.4 Å². The summed E-state index contributed by atoms with van der Waals surface area (Å²) in [6, 6.07) is 0.542. The first-order chi connectivity index (χ1) is 9.10. The van der Waals surface area contributed by atoms with Crippen LogP contribution in [0.5, 0.6) is 0 Å². The predicted octanol–water partition coefficient (Wildman–Crippen LogP) is 4.25. The van der Waals surface area contributed by atoms with Crippen molar-refractivity contribution in [3.8, 4) is 0 Å². The van der Waals surface area contributed by atoms with Crippen molar-refractivity contribution in [2.45, 2.75) is 84.6 Å². The van der Waals surface area contributed by atoms with E-state index in [2.05, 4.69) is 26.2 Å². The molecule has 0 bridgehead atoms. The highest BCUT2D eigenvalue weighted by Gasteiger charge is 2.42. The Morgan fingerprint density at radius 3 is 2.42 bits per heavy atom. The molecule has 0 radical (unpaired) electrons. The molecule has 4 unspecified atom stereocenters. The monoisotopic (exact) mass is 266 g/mol. The molecule has 0 amide bonds. The highest BCUT2D eigenvalue weighted by Crippen LogP contribution is 2.47. The summed E-state index contributed by atoms with van der Waals surface area (Å²) in [7, 11) is 0. The first-order valence-electron chi connectivity index (χ1n) is 8.56. The first kappa shape index (κ1) is 15.3. The molecule has 0 saturated heterocycles. The molecular weight excluding hydrogens is 232 g/mol. The minimum absolute atomic E-state index is 0.463. The van der Waals surface area contributed by atoms with Crippen LogP contribution in [0.2, 0.25) is 0 Å². The van der Waals surface area contributed by atoms with Crippen LogP contribution in [0.4, 0.5) is 0 Å². The second-order valence-corrected chi connectivity index (χ2v) is 7.65. The average Bonchev–Trinajstić information content (AvgIpc) is 2.41. The van der Waals surface area contributed by atoms with Crippen LogP contribution in [0, 0.1) is 23.2 Å². The molecule has 2 aliphatic carbocycles. The van der Waals surface area contributed by atoms with Gasteiger partial charge in [0.15, 0.2) is 0 Å². The normalized spacial score (nSPS) is 36.9. The lowest BCUT2D eigenvalue weighted by Gasteiger charge is -2.48. The van der Waals surface area contributed by atoms with E-state index in [0.29, 0.717) is 11.5 Å². The SMILES string of the molecule is CCC1CCCCC1C(NN)C1CCCCC1(C)C. The molecule has 4 atom stereocenters. The zero-order valence-electron chi connectivity index (χ0n) is 13.3. The van der Waals surface area contributed by atoms with Gasteiger partial charge in [-0.15, -0.1) is 0 Å². The van der Waals surface area contributed by atoms with Crippen LogP contribution in [0.1, 0.15) is 78.6 Å². The van der Waals surface area contributed by atoms with Crippen molar-refractivity contribution in [2.24, 2.45) is 29.0 Å². The van der Waals surface area contributed by atoms with Gasteiger partial charge in [-0.3, -0.25) is 11.3 Å². The Balaban J connectivity index is 2.13. The third-order valence-electron chi connectivity index (χ3n) is 6.17. The molecule has 0 aromatic carbocycles. The molecule has 2 fully saturated rings. The van der Waals surface area contributed by atoms with Crippen LogP contribution in [-0.2, 0) is 0 Å². The molecule has 2 nitrogen and oxygen atoms in total. The van der Waals surface area contributed by atoms with Gasteiger partial charge in [-0.1, -0.05) is 59.3 Å². The molecule has 2 heteroatoms. The number of hydrogen-bond acceptors (Lipinski definition) is 2. The number of hydrogen-bond donors (Lipinski definition) is 2. The zero-order chi connectivity index (χ0) is 13.9. The van der Waals surface area contributed by atoms with Gasteiger partial charge in [-0.2, -0.15) is 0 Å². The van der Waals surface area contributed by atoms with E-state index in [-0.39, 0.29) is 0 Å². The van der Waals surface area contributed by atoms with Crippen molar-refractivity contribution < 1.29 is 0 Å². The molecular formula is C17H34N2. The fourth-order valence-corrected chi connectivity index (χ4v) is 4.94. The Kier molecular flexibility index (Phi) is 5.30. The van der Waals surface area contributed by atoms with Gasteiger partial charge < -0.3 is 0 Å². The Labute approximate surface area is 119 Å². The lowest BCUT2D eigenvalue weighted by atomic mass is 9.60. The largest absolute Gasteiger partial charge is 0.271 e. The summed E-state index contributed by atoms with van der Waals surface area (Å²) in [5, 5.41) is 0. The van der Waals surface area contributed by atoms with E-state index in [4.69, 9.17) is 5.84 Å². The van der Waals surface area contributed by atoms with E-state index < -0.39 is 0 Å². The smallest absolute Gasteiger partial charge is 0.0274 e. The zero-order valence-corrected chi connectivity index (χ0v) is 13.3. The van der Waals surface area contributed by atoms with Gasteiger partial charge in [-0.25, -0.2) is 0 Å². The Bertz CT molecular complexity index is 274. The maximum atomic E-state index is 6.02. The molecule has 2 rings (SSSR count). The minimum atomic E-state index is 0.463. The van der Waals surface area contributed by atoms with E-state index in [1.807, 2.05) is 0 Å². The summed E-state index contributed by atoms with van der Waals surface area (Å²) in [4.78, 5) is 0. The van der Waals surface area contributed by atoms with Gasteiger partial charge in [0.05, 0.1) is 0 Å². The summed E-state index contributed by atoms with van der Waals surface area (Å²) in [5.74, 6) is 8.50. The van der Waals surface area contributed by atoms with Crippen molar-refractivity contribution in [3.05, 3.63) is 0 Å². The van der Waals surface area contributed by atoms with E-state index in [0.717, 1.165) is 17.8 Å². The van der Waals surface area contributed by atoms with Crippen LogP contribution in [0.15, 0.2) is 0 Å². The highest BCUT2D eigenvalue weighted by atomic mass is 15.2. The molecule has 0 heterocycles. The van der Waals surface area contributed by atoms with Gasteiger partial charge in [0, 0.05) is 6.04 Å². The number of hydrazine groups is 1. The standard InChI is InChI=1S/C17H34N2/c1-4-13-9-5-6-10-14(13)16(19-18)15-11-7-8-12-17(15,2)3/h13-16,19H,4-12,18H2,1-3H3. The van der Waals surface area contributed by atoms with Crippen molar-refractivity contribution >= 4 is 0 Å². The Morgan fingerprint density at radius 2 is 1.79 bits per heavy atom. The quantitative estimate of drug-likeness (QED) is 0.589. The molecule has 0 aromatic rings. The molecule has 2 saturated carbocycles. The molecule has 0 spiro atoms. The number of rotatable bonds is 4. The van der Waals surface area contributed by atoms with Crippen LogP contribution in [0.3, 0.4) is 0 Å². The van der Waals surface area contributed by atoms with E-state index in [9.17, 15) is 0 Å². The second kappa shape index (κ2) is 6.58. The topological polar surface area (TPSA) is 38.0 Å². The van der Waals surface area contributed by atoms with Crippen molar-refractivity contribution in [3.63, 3.8) is 0 Å². The predicted molar refractivity (Wildman–Crippen MR) is 82.6 cm³/mol. The second-order valence-electron chi connectivity index (χ2n) is 7.65. The third-order valence-corrected chi connectivity index (χ3v) is 6.17. The van der Waals surface area contributed by atoms with Crippen LogP contribution in [-0.4, -0.2) is 6.04 Å². The first-order valence-corrected chi connectivity index (χ1v) is 8.56. The molecule has 19 heavy (non-hydrogen) atoms. The van der Waals surface area contributed by atoms with Crippen LogP contribution >= 0.6 is 0 Å². The van der Waals surface area contributed by atoms with Crippen LogP contribution < -0.4 is 11.3 Å². The molecule has 112 valence electrons. The lowest BCUT2D eigenvalue weighted by molar-refractivity contribution is 0.0419. The van der Waals surface area contributed by atoms with Crippen molar-refractivity contribution in [1.29, 1.82) is 0 Å². The molecule has 0 aromatic heterocycles. The molecule has 2 aliphatic rings. The fourth-order valence-electron chi connectivity index (χ4n) is 4.94. The van der Waals surface area contributed by atoms with E-state index in [1.54, 1.807) is 0 Å². The van der Waals surface area contributed by atoms with E-state index >= 15 is 0 Å². The van der Waals surface area contributed by atoms with E-state index in [1.165, 1.54) is 57.8 Å². The Hall–Kier alpha value is -0.0800. The average molecular weight is 266 g/mol. The summed E-state index contributed by atoms with van der Waals surface area (Å²) < 4.78 is 0. The summed E-state index contributed by atoms with van der Waals surface area (Å²) >= 11 is 0. The number of nitrogens with one attached hydrogen (secondary N) is 1. The maximum Gasteiger partial charge on any atom is 0.0274 e. The fraction of sp³-hybridized carbons (Fsp3) is 1.00. The molecule has 3 N–H and O–H groups in total. The summed E-state index contributed by atoms with van der Waals surface area (Å²) in [6.45, 7) is 7.29. The van der Waals surface area contributed by atoms with Crippen LogP contribution in [0.25, 0.3) is 0 Å². The van der Waals surface area contributed by atoms with Crippen molar-refractivity contribution in [2.75, 3.05) is 0 Å². The highest BCUT2D eigenvalue weighted by molar-refractivity contribution is 4.95. The van der Waals surface area contributed by atoms with Crippen molar-refractivity contribution in [1.82, 2.24) is 5.43 Å². The van der Waals surface area contributed by atoms with Gasteiger partial charge in [0.25, 0.3) is 0 Å². The number of nitrogens with two attached hydrogens (primary N) is 1. The summed E-state index contributed by atoms with van der Waals surface area (Å²) in [6.07, 6.45) is 12.5. The Morgan fingerprint density at radius 1 is 1.11 bits per heavy atom. The van der Waals surface area contributed by atoms with Gasteiger partial charge >= 0.3 is 0 Å². The van der Waals surface area contributed by atoms with Gasteiger partial charge in [0.1, 0.15) is 0 Å². The lowest BCUT2D eigenvalue weighted by Crippen LogP contribution is -2.53. The van der Waals surface area contributed by atoms with Gasteiger partial charge in [0.2, 0.25) is 0 Å². The minimum Gasteiger partial charge on any atom is -0.271 e. The maximum absolute atomic E-state index is 6.02.